The third-order valence-electron chi connectivity index (χ3n) is 3.77. The van der Waals surface area contributed by atoms with Crippen LogP contribution in [0.25, 0.3) is 11.1 Å². The minimum atomic E-state index is 0.871. The van der Waals surface area contributed by atoms with Crippen LogP contribution in [0.2, 0.25) is 0 Å². The first-order valence-corrected chi connectivity index (χ1v) is 7.64. The van der Waals surface area contributed by atoms with Crippen molar-refractivity contribution in [2.24, 2.45) is 0 Å². The molecule has 3 aromatic heterocycles. The number of hydrogen-bond donors (Lipinski definition) is 2. The zero-order valence-corrected chi connectivity index (χ0v) is 12.8. The van der Waals surface area contributed by atoms with Crippen LogP contribution in [-0.4, -0.2) is 25.4 Å². The molecule has 0 aliphatic carbocycles. The summed E-state index contributed by atoms with van der Waals surface area (Å²) < 4.78 is 0. The van der Waals surface area contributed by atoms with Crippen molar-refractivity contribution in [1.82, 2.24) is 25.4 Å². The summed E-state index contributed by atoms with van der Waals surface area (Å²) in [6, 6.07) is 20.0. The summed E-state index contributed by atoms with van der Waals surface area (Å²) >= 11 is 0. The van der Waals surface area contributed by atoms with Crippen LogP contribution >= 0.6 is 0 Å². The lowest BCUT2D eigenvalue weighted by molar-refractivity contribution is 1.06. The minimum absolute atomic E-state index is 0.871. The normalized spacial score (nSPS) is 12.0. The van der Waals surface area contributed by atoms with Crippen molar-refractivity contribution in [3.8, 4) is 0 Å². The molecule has 5 nitrogen and oxygen atoms in total. The van der Waals surface area contributed by atoms with Crippen LogP contribution in [0.4, 0.5) is 0 Å². The van der Waals surface area contributed by atoms with Crippen LogP contribution in [0.1, 0.15) is 22.6 Å². The molecular formula is C19H15N5. The number of benzene rings is 1. The van der Waals surface area contributed by atoms with E-state index in [0.29, 0.717) is 0 Å². The van der Waals surface area contributed by atoms with Crippen molar-refractivity contribution in [3.05, 3.63) is 102 Å². The van der Waals surface area contributed by atoms with Crippen molar-refractivity contribution in [1.29, 1.82) is 0 Å². The van der Waals surface area contributed by atoms with Crippen molar-refractivity contribution in [2.75, 3.05) is 0 Å². The Kier molecular flexibility index (Phi) is 3.73. The lowest BCUT2D eigenvalue weighted by Crippen LogP contribution is -2.00. The Labute approximate surface area is 139 Å². The van der Waals surface area contributed by atoms with E-state index < -0.39 is 0 Å². The van der Waals surface area contributed by atoms with E-state index in [1.54, 1.807) is 18.6 Å². The molecule has 2 N–H and O–H groups in total. The molecule has 0 radical (unpaired) electrons. The van der Waals surface area contributed by atoms with Gasteiger partial charge in [0.05, 0.1) is 17.1 Å². The standard InChI is InChI=1S/C19H15N5/c1-2-6-14(7-3-1)18(16-9-12-21-23-16)19(17-10-13-22-24-17)15-8-4-5-11-20-15/h1-13H,(H,21,23)(H,22,24). The van der Waals surface area contributed by atoms with Crippen molar-refractivity contribution in [3.63, 3.8) is 0 Å². The third kappa shape index (κ3) is 2.63. The molecule has 0 amide bonds. The second-order valence-corrected chi connectivity index (χ2v) is 5.27. The van der Waals surface area contributed by atoms with Gasteiger partial charge in [0.2, 0.25) is 0 Å². The van der Waals surface area contributed by atoms with Crippen molar-refractivity contribution in [2.45, 2.75) is 0 Å². The van der Waals surface area contributed by atoms with E-state index >= 15 is 0 Å². The Hall–Kier alpha value is -3.47. The van der Waals surface area contributed by atoms with Gasteiger partial charge in [0.15, 0.2) is 0 Å². The number of aromatic amines is 2. The van der Waals surface area contributed by atoms with Crippen LogP contribution in [0.3, 0.4) is 0 Å². The topological polar surface area (TPSA) is 70.2 Å². The SMILES string of the molecule is c1ccc(C(=C(c2ccccn2)c2ccn[nH]2)c2ccn[nH]2)cc1. The van der Waals surface area contributed by atoms with Crippen molar-refractivity contribution >= 4 is 11.1 Å². The molecule has 1 aromatic carbocycles. The van der Waals surface area contributed by atoms with E-state index in [4.69, 9.17) is 0 Å². The average molecular weight is 313 g/mol. The summed E-state index contributed by atoms with van der Waals surface area (Å²) in [5, 5.41) is 14.4. The number of nitrogens with one attached hydrogen (secondary N) is 2. The molecule has 0 aliphatic heterocycles. The van der Waals surface area contributed by atoms with Crippen LogP contribution in [-0.2, 0) is 0 Å². The van der Waals surface area contributed by atoms with E-state index in [2.05, 4.69) is 37.5 Å². The smallest absolute Gasteiger partial charge is 0.0730 e. The van der Waals surface area contributed by atoms with Crippen LogP contribution < -0.4 is 0 Å². The molecule has 0 saturated carbocycles. The lowest BCUT2D eigenvalue weighted by Gasteiger charge is -2.13. The first kappa shape index (κ1) is 14.1. The summed E-state index contributed by atoms with van der Waals surface area (Å²) in [5.74, 6) is 0. The van der Waals surface area contributed by atoms with Gasteiger partial charge in [-0.15, -0.1) is 0 Å². The molecule has 4 aromatic rings. The van der Waals surface area contributed by atoms with Gasteiger partial charge >= 0.3 is 0 Å². The van der Waals surface area contributed by atoms with E-state index in [-0.39, 0.29) is 0 Å². The number of hydrogen-bond acceptors (Lipinski definition) is 3. The van der Waals surface area contributed by atoms with Gasteiger partial charge in [0.1, 0.15) is 0 Å². The number of H-pyrrole nitrogens is 2. The van der Waals surface area contributed by atoms with Gasteiger partial charge in [-0.1, -0.05) is 36.4 Å². The Morgan fingerprint density at radius 2 is 1.29 bits per heavy atom. The summed E-state index contributed by atoms with van der Waals surface area (Å²) in [6.45, 7) is 0. The highest BCUT2D eigenvalue weighted by molar-refractivity contribution is 6.02. The molecule has 5 heteroatoms. The number of aromatic nitrogens is 5. The lowest BCUT2D eigenvalue weighted by atomic mass is 9.93. The van der Waals surface area contributed by atoms with E-state index in [9.17, 15) is 0 Å². The molecular weight excluding hydrogens is 298 g/mol. The third-order valence-corrected chi connectivity index (χ3v) is 3.77. The average Bonchev–Trinajstić information content (AvgIpc) is 3.35. The van der Waals surface area contributed by atoms with Gasteiger partial charge < -0.3 is 0 Å². The number of nitrogens with zero attached hydrogens (tertiary/aromatic N) is 3. The second-order valence-electron chi connectivity index (χ2n) is 5.27. The van der Waals surface area contributed by atoms with Crippen molar-refractivity contribution < 1.29 is 0 Å². The maximum Gasteiger partial charge on any atom is 0.0730 e. The van der Waals surface area contributed by atoms with Crippen LogP contribution in [0, 0.1) is 0 Å². The zero-order chi connectivity index (χ0) is 16.2. The Morgan fingerprint density at radius 3 is 1.88 bits per heavy atom. The molecule has 4 rings (SSSR count). The molecule has 0 spiro atoms. The molecule has 0 fully saturated rings. The molecule has 0 unspecified atom stereocenters. The number of rotatable bonds is 4. The molecule has 24 heavy (non-hydrogen) atoms. The largest absolute Gasteiger partial charge is 0.278 e. The fourth-order valence-electron chi connectivity index (χ4n) is 2.74. The zero-order valence-electron chi connectivity index (χ0n) is 12.8. The fraction of sp³-hybridized carbons (Fsp3) is 0. The minimum Gasteiger partial charge on any atom is -0.278 e. The van der Waals surface area contributed by atoms with Crippen LogP contribution in [0.5, 0.6) is 0 Å². The van der Waals surface area contributed by atoms with E-state index in [1.807, 2.05) is 48.5 Å². The Bertz CT molecular complexity index is 844. The number of pyridine rings is 1. The van der Waals surface area contributed by atoms with Crippen LogP contribution in [0.15, 0.2) is 79.3 Å². The maximum absolute atomic E-state index is 4.55. The first-order chi connectivity index (χ1) is 11.9. The van der Waals surface area contributed by atoms with Gasteiger partial charge in [0.25, 0.3) is 0 Å². The Morgan fingerprint density at radius 1 is 0.625 bits per heavy atom. The second kappa shape index (κ2) is 6.34. The molecule has 116 valence electrons. The summed E-state index contributed by atoms with van der Waals surface area (Å²) in [7, 11) is 0. The van der Waals surface area contributed by atoms with Gasteiger partial charge in [0, 0.05) is 29.7 Å². The monoisotopic (exact) mass is 313 g/mol. The van der Waals surface area contributed by atoms with Gasteiger partial charge in [-0.05, 0) is 29.8 Å². The molecule has 3 heterocycles. The highest BCUT2D eigenvalue weighted by Crippen LogP contribution is 2.33. The highest BCUT2D eigenvalue weighted by Gasteiger charge is 2.18. The maximum atomic E-state index is 4.55. The molecule has 0 aliphatic rings. The van der Waals surface area contributed by atoms with E-state index in [0.717, 1.165) is 33.8 Å². The predicted octanol–water partition coefficient (Wildman–Crippen LogP) is 3.54. The molecule has 0 atom stereocenters. The first-order valence-electron chi connectivity index (χ1n) is 7.64. The molecule has 0 saturated heterocycles. The highest BCUT2D eigenvalue weighted by atomic mass is 15.1. The quantitative estimate of drug-likeness (QED) is 0.605. The van der Waals surface area contributed by atoms with Gasteiger partial charge in [-0.2, -0.15) is 10.2 Å². The van der Waals surface area contributed by atoms with Gasteiger partial charge in [-0.3, -0.25) is 15.2 Å². The fourth-order valence-corrected chi connectivity index (χ4v) is 2.74. The van der Waals surface area contributed by atoms with Gasteiger partial charge in [-0.25, -0.2) is 0 Å². The Balaban J connectivity index is 2.07. The summed E-state index contributed by atoms with van der Waals surface area (Å²) in [5.41, 5.74) is 5.78. The predicted molar refractivity (Wildman–Crippen MR) is 92.9 cm³/mol. The van der Waals surface area contributed by atoms with E-state index in [1.165, 1.54) is 0 Å². The summed E-state index contributed by atoms with van der Waals surface area (Å²) in [6.07, 6.45) is 5.29. The molecule has 0 bridgehead atoms. The summed E-state index contributed by atoms with van der Waals surface area (Å²) in [4.78, 5) is 4.55.